The summed E-state index contributed by atoms with van der Waals surface area (Å²) >= 11 is 0. The molecule has 0 bridgehead atoms. The van der Waals surface area contributed by atoms with Crippen molar-refractivity contribution in [2.75, 3.05) is 6.54 Å². The summed E-state index contributed by atoms with van der Waals surface area (Å²) in [4.78, 5) is 24.5. The average molecular weight is 368 g/mol. The van der Waals surface area contributed by atoms with Crippen LogP contribution in [0.25, 0.3) is 11.3 Å². The molecule has 1 aliphatic heterocycles. The summed E-state index contributed by atoms with van der Waals surface area (Å²) in [5, 5.41) is 4.11. The van der Waals surface area contributed by atoms with E-state index in [1.54, 1.807) is 0 Å². The van der Waals surface area contributed by atoms with Gasteiger partial charge in [-0.3, -0.25) is 4.79 Å². The molecule has 6 heteroatoms. The summed E-state index contributed by atoms with van der Waals surface area (Å²) in [5.41, 5.74) is 3.70. The van der Waals surface area contributed by atoms with Gasteiger partial charge in [0.1, 0.15) is 5.82 Å². The van der Waals surface area contributed by atoms with E-state index in [2.05, 4.69) is 22.0 Å². The largest absolute Gasteiger partial charge is 0.356 e. The fourth-order valence-electron chi connectivity index (χ4n) is 4.08. The van der Waals surface area contributed by atoms with Gasteiger partial charge in [0.2, 0.25) is 5.91 Å². The Kier molecular flexibility index (Phi) is 4.98. The van der Waals surface area contributed by atoms with Crippen molar-refractivity contribution in [1.29, 1.82) is 0 Å². The number of amides is 1. The number of nitrogens with zero attached hydrogens (tertiary/aromatic N) is 4. The second-order valence-electron chi connectivity index (χ2n) is 7.87. The van der Waals surface area contributed by atoms with Gasteiger partial charge in [0.15, 0.2) is 5.76 Å². The van der Waals surface area contributed by atoms with Gasteiger partial charge in [-0.05, 0) is 46.0 Å². The lowest BCUT2D eigenvalue weighted by molar-refractivity contribution is -0.139. The van der Waals surface area contributed by atoms with Crippen LogP contribution < -0.4 is 0 Å². The molecule has 2 aromatic rings. The fraction of sp³-hybridized carbons (Fsp3) is 0.619. The number of carbonyl (C=O) groups is 1. The zero-order valence-corrected chi connectivity index (χ0v) is 16.5. The van der Waals surface area contributed by atoms with Gasteiger partial charge in [-0.1, -0.05) is 18.5 Å². The van der Waals surface area contributed by atoms with E-state index < -0.39 is 0 Å². The molecule has 144 valence electrons. The van der Waals surface area contributed by atoms with Crippen LogP contribution in [0.2, 0.25) is 0 Å². The number of aromatic nitrogens is 3. The Bertz CT molecular complexity index is 841. The molecule has 0 N–H and O–H groups in total. The predicted molar refractivity (Wildman–Crippen MR) is 102 cm³/mol. The van der Waals surface area contributed by atoms with Gasteiger partial charge in [-0.2, -0.15) is 0 Å². The molecule has 2 aromatic heterocycles. The molecule has 1 saturated carbocycles. The summed E-state index contributed by atoms with van der Waals surface area (Å²) in [6, 6.07) is 0.0107. The molecule has 27 heavy (non-hydrogen) atoms. The first kappa shape index (κ1) is 18.1. The van der Waals surface area contributed by atoms with Crippen molar-refractivity contribution in [3.63, 3.8) is 0 Å². The van der Waals surface area contributed by atoms with Crippen molar-refractivity contribution in [3.8, 4) is 11.3 Å². The molecule has 1 aliphatic carbocycles. The quantitative estimate of drug-likeness (QED) is 0.792. The monoisotopic (exact) mass is 368 g/mol. The van der Waals surface area contributed by atoms with E-state index in [9.17, 15) is 4.79 Å². The molecule has 4 rings (SSSR count). The zero-order chi connectivity index (χ0) is 19.0. The Morgan fingerprint density at radius 3 is 2.70 bits per heavy atom. The number of likely N-dealkylation sites (tertiary alicyclic amines) is 1. The van der Waals surface area contributed by atoms with Crippen molar-refractivity contribution in [1.82, 2.24) is 20.0 Å². The van der Waals surface area contributed by atoms with Crippen LogP contribution in [0.15, 0.2) is 10.7 Å². The zero-order valence-electron chi connectivity index (χ0n) is 16.5. The highest BCUT2D eigenvalue weighted by Gasteiger charge is 2.38. The number of carbonyl (C=O) groups excluding carboxylic acids is 1. The van der Waals surface area contributed by atoms with E-state index in [1.807, 2.05) is 20.0 Å². The molecule has 2 aliphatic rings. The molecular weight excluding hydrogens is 340 g/mol. The van der Waals surface area contributed by atoms with Crippen LogP contribution in [0.1, 0.15) is 74.3 Å². The molecule has 0 radical (unpaired) electrons. The van der Waals surface area contributed by atoms with Crippen LogP contribution in [0, 0.1) is 19.8 Å². The SMILES string of the molecule is CCCc1ncc(-c2onc(C)c2C)c([C@@H]2CCCN2C(=O)C2CCC2)n1. The second-order valence-corrected chi connectivity index (χ2v) is 7.87. The number of hydrogen-bond acceptors (Lipinski definition) is 5. The maximum Gasteiger partial charge on any atom is 0.226 e. The van der Waals surface area contributed by atoms with E-state index in [0.717, 1.165) is 79.2 Å². The van der Waals surface area contributed by atoms with E-state index in [-0.39, 0.29) is 12.0 Å². The molecule has 2 fully saturated rings. The van der Waals surface area contributed by atoms with Gasteiger partial charge >= 0.3 is 0 Å². The van der Waals surface area contributed by atoms with Crippen molar-refractivity contribution in [3.05, 3.63) is 29.0 Å². The van der Waals surface area contributed by atoms with Crippen molar-refractivity contribution >= 4 is 5.91 Å². The lowest BCUT2D eigenvalue weighted by atomic mass is 9.84. The van der Waals surface area contributed by atoms with Crippen LogP contribution in [-0.4, -0.2) is 32.5 Å². The van der Waals surface area contributed by atoms with Gasteiger partial charge in [-0.25, -0.2) is 9.97 Å². The van der Waals surface area contributed by atoms with E-state index in [0.29, 0.717) is 5.91 Å². The molecular formula is C21H28N4O2. The van der Waals surface area contributed by atoms with Crippen LogP contribution in [0.4, 0.5) is 0 Å². The molecule has 0 aromatic carbocycles. The molecule has 0 unspecified atom stereocenters. The Balaban J connectivity index is 1.75. The summed E-state index contributed by atoms with van der Waals surface area (Å²) in [6.07, 6.45) is 8.89. The lowest BCUT2D eigenvalue weighted by Crippen LogP contribution is -2.38. The molecule has 0 spiro atoms. The van der Waals surface area contributed by atoms with Crippen LogP contribution >= 0.6 is 0 Å². The molecule has 1 saturated heterocycles. The van der Waals surface area contributed by atoms with E-state index in [1.165, 1.54) is 6.42 Å². The number of rotatable bonds is 5. The van der Waals surface area contributed by atoms with Crippen LogP contribution in [0.3, 0.4) is 0 Å². The van der Waals surface area contributed by atoms with E-state index >= 15 is 0 Å². The van der Waals surface area contributed by atoms with Crippen molar-refractivity contribution in [2.24, 2.45) is 5.92 Å². The average Bonchev–Trinajstić information content (AvgIpc) is 3.22. The topological polar surface area (TPSA) is 72.1 Å². The predicted octanol–water partition coefficient (Wildman–Crippen LogP) is 4.16. The Morgan fingerprint density at radius 1 is 1.26 bits per heavy atom. The normalized spacial score (nSPS) is 20.1. The van der Waals surface area contributed by atoms with Crippen molar-refractivity contribution in [2.45, 2.75) is 71.8 Å². The summed E-state index contributed by atoms with van der Waals surface area (Å²) in [5.74, 6) is 2.08. The second kappa shape index (κ2) is 7.41. The minimum Gasteiger partial charge on any atom is -0.356 e. The minimum atomic E-state index is 0.0107. The van der Waals surface area contributed by atoms with E-state index in [4.69, 9.17) is 9.51 Å². The highest BCUT2D eigenvalue weighted by atomic mass is 16.5. The summed E-state index contributed by atoms with van der Waals surface area (Å²) in [7, 11) is 0. The van der Waals surface area contributed by atoms with Gasteiger partial charge in [-0.15, -0.1) is 0 Å². The smallest absolute Gasteiger partial charge is 0.226 e. The highest BCUT2D eigenvalue weighted by molar-refractivity contribution is 5.80. The Labute approximate surface area is 160 Å². The fourth-order valence-corrected chi connectivity index (χ4v) is 4.08. The Morgan fingerprint density at radius 2 is 2.07 bits per heavy atom. The maximum atomic E-state index is 13.0. The molecule has 1 amide bonds. The maximum absolute atomic E-state index is 13.0. The third-order valence-electron chi connectivity index (χ3n) is 6.05. The van der Waals surface area contributed by atoms with Crippen LogP contribution in [0.5, 0.6) is 0 Å². The third-order valence-corrected chi connectivity index (χ3v) is 6.05. The third kappa shape index (κ3) is 3.26. The van der Waals surface area contributed by atoms with Gasteiger partial charge < -0.3 is 9.42 Å². The molecule has 6 nitrogen and oxygen atoms in total. The minimum absolute atomic E-state index is 0.0107. The van der Waals surface area contributed by atoms with Gasteiger partial charge in [0.05, 0.1) is 23.0 Å². The summed E-state index contributed by atoms with van der Waals surface area (Å²) < 4.78 is 5.62. The highest BCUT2D eigenvalue weighted by Crippen LogP contribution is 2.40. The number of aryl methyl sites for hydroxylation is 2. The summed E-state index contributed by atoms with van der Waals surface area (Å²) in [6.45, 7) is 6.90. The first-order chi connectivity index (χ1) is 13.1. The van der Waals surface area contributed by atoms with Crippen molar-refractivity contribution < 1.29 is 9.32 Å². The van der Waals surface area contributed by atoms with Crippen LogP contribution in [-0.2, 0) is 11.2 Å². The lowest BCUT2D eigenvalue weighted by Gasteiger charge is -2.33. The Hall–Kier alpha value is -2.24. The standard InChI is InChI=1S/C21H28N4O2/c1-4-7-18-22-12-16(20-13(2)14(3)24-27-20)19(23-18)17-10-6-11-25(17)21(26)15-8-5-9-15/h12,15,17H,4-11H2,1-3H3/t17-/m0/s1. The first-order valence-electron chi connectivity index (χ1n) is 10.2. The molecule has 1 atom stereocenters. The van der Waals surface area contributed by atoms with Gasteiger partial charge in [0.25, 0.3) is 0 Å². The molecule has 3 heterocycles. The first-order valence-corrected chi connectivity index (χ1v) is 10.2. The number of hydrogen-bond donors (Lipinski definition) is 0. The van der Waals surface area contributed by atoms with Gasteiger partial charge in [0, 0.05) is 30.6 Å².